The van der Waals surface area contributed by atoms with Gasteiger partial charge < -0.3 is 15.7 Å². The van der Waals surface area contributed by atoms with Gasteiger partial charge in [-0.15, -0.1) is 11.3 Å². The highest BCUT2D eigenvalue weighted by Gasteiger charge is 2.38. The number of anilines is 1. The van der Waals surface area contributed by atoms with E-state index >= 15 is 0 Å². The number of benzene rings is 1. The first-order valence-electron chi connectivity index (χ1n) is 10.9. The molecule has 1 aliphatic rings. The van der Waals surface area contributed by atoms with E-state index in [4.69, 9.17) is 15.6 Å². The zero-order chi connectivity index (χ0) is 28.2. The number of aromatic nitrogens is 3. The number of para-hydroxylation sites is 1. The molecule has 3 heterocycles. The number of likely N-dealkylation sites (N-methyl/N-ethyl adjacent to an activating group) is 1. The molecule has 15 heteroatoms. The van der Waals surface area contributed by atoms with Gasteiger partial charge in [-0.2, -0.15) is 27.1 Å². The normalized spacial score (nSPS) is 15.0. The van der Waals surface area contributed by atoms with E-state index in [9.17, 15) is 31.5 Å². The van der Waals surface area contributed by atoms with E-state index in [-0.39, 0.29) is 37.0 Å². The minimum atomic E-state index is -5.08. The Kier molecular flexibility index (Phi) is 8.83. The first kappa shape index (κ1) is 28.7. The summed E-state index contributed by atoms with van der Waals surface area (Å²) in [6, 6.07) is 9.76. The fourth-order valence-electron chi connectivity index (χ4n) is 3.73. The van der Waals surface area contributed by atoms with Gasteiger partial charge in [-0.1, -0.05) is 18.2 Å². The van der Waals surface area contributed by atoms with Crippen LogP contribution in [0.5, 0.6) is 0 Å². The molecular formula is C23H22F5N5O4S. The maximum atomic E-state index is 12.9. The summed E-state index contributed by atoms with van der Waals surface area (Å²) in [7, 11) is 1.78. The second-order valence-electron chi connectivity index (χ2n) is 8.20. The van der Waals surface area contributed by atoms with Gasteiger partial charge in [-0.3, -0.25) is 9.36 Å². The zero-order valence-electron chi connectivity index (χ0n) is 19.8. The van der Waals surface area contributed by atoms with E-state index in [2.05, 4.69) is 5.10 Å². The maximum Gasteiger partial charge on any atom is 0.490 e. The molecular weight excluding hydrogens is 537 g/mol. The predicted octanol–water partition coefficient (Wildman–Crippen LogP) is 3.20. The number of hydrogen-bond donors (Lipinski definition) is 2. The monoisotopic (exact) mass is 559 g/mol. The van der Waals surface area contributed by atoms with E-state index in [1.807, 2.05) is 35.7 Å². The van der Waals surface area contributed by atoms with Crippen LogP contribution < -0.4 is 16.3 Å². The Morgan fingerprint density at radius 1 is 1.24 bits per heavy atom. The lowest BCUT2D eigenvalue weighted by atomic mass is 9.88. The number of fused-ring (bicyclic) bond motifs is 1. The Morgan fingerprint density at radius 2 is 1.89 bits per heavy atom. The van der Waals surface area contributed by atoms with Crippen molar-refractivity contribution in [1.82, 2.24) is 14.3 Å². The molecule has 1 amide bonds. The molecule has 0 bridgehead atoms. The predicted molar refractivity (Wildman–Crippen MR) is 128 cm³/mol. The highest BCUT2D eigenvalue weighted by atomic mass is 32.1. The van der Waals surface area contributed by atoms with E-state index in [1.165, 1.54) is 22.2 Å². The summed E-state index contributed by atoms with van der Waals surface area (Å²) in [5.74, 6) is -3.01. The molecule has 1 aliphatic heterocycles. The largest absolute Gasteiger partial charge is 0.490 e. The molecule has 204 valence electrons. The summed E-state index contributed by atoms with van der Waals surface area (Å²) in [5, 5.41) is 13.0. The third-order valence-electron chi connectivity index (χ3n) is 5.70. The first-order chi connectivity index (χ1) is 17.8. The lowest BCUT2D eigenvalue weighted by molar-refractivity contribution is -0.192. The quantitative estimate of drug-likeness (QED) is 0.448. The van der Waals surface area contributed by atoms with Gasteiger partial charge >= 0.3 is 17.8 Å². The van der Waals surface area contributed by atoms with Gasteiger partial charge in [-0.25, -0.2) is 14.3 Å². The third-order valence-corrected chi connectivity index (χ3v) is 6.64. The molecule has 1 atom stereocenters. The number of aliphatic carboxylic acids is 1. The zero-order valence-corrected chi connectivity index (χ0v) is 20.6. The summed E-state index contributed by atoms with van der Waals surface area (Å²) in [4.78, 5) is 36.8. The highest BCUT2D eigenvalue weighted by molar-refractivity contribution is 7.10. The molecule has 0 radical (unpaired) electrons. The molecule has 0 saturated carbocycles. The fourth-order valence-corrected chi connectivity index (χ4v) is 4.67. The maximum absolute atomic E-state index is 12.9. The molecule has 1 aromatic carbocycles. The van der Waals surface area contributed by atoms with Crippen LogP contribution in [0.3, 0.4) is 0 Å². The van der Waals surface area contributed by atoms with Crippen molar-refractivity contribution in [2.75, 3.05) is 18.5 Å². The average Bonchev–Trinajstić information content (AvgIpc) is 3.46. The van der Waals surface area contributed by atoms with Crippen LogP contribution in [0.15, 0.2) is 58.5 Å². The standard InChI is InChI=1S/C21H21F2N5O2S.C2HF3O2/c1-26-18-5-3-2-4-13(18)7-17(20(26)29)14-6-16(31-11-14)10-27-12-25-28(21(27)30)9-15(8-24)19(22)23;3-2(4,5)1(6)7/h2-6,11-12,17H,7-10,24H2,1H3;(H,6,7). The first-order valence-corrected chi connectivity index (χ1v) is 11.8. The van der Waals surface area contributed by atoms with Crippen LogP contribution in [0.25, 0.3) is 0 Å². The number of nitrogens with zero attached hydrogens (tertiary/aromatic N) is 4. The van der Waals surface area contributed by atoms with Crippen LogP contribution in [0.2, 0.25) is 0 Å². The van der Waals surface area contributed by atoms with Gasteiger partial charge in [0.15, 0.2) is 0 Å². The van der Waals surface area contributed by atoms with Gasteiger partial charge in [0.05, 0.1) is 19.0 Å². The number of rotatable bonds is 6. The molecule has 0 aliphatic carbocycles. The lowest BCUT2D eigenvalue weighted by Crippen LogP contribution is -2.37. The number of thiophene rings is 1. The summed E-state index contributed by atoms with van der Waals surface area (Å²) in [5.41, 5.74) is 7.43. The molecule has 1 unspecified atom stereocenters. The molecule has 2 aromatic heterocycles. The average molecular weight is 560 g/mol. The minimum absolute atomic E-state index is 0.0300. The third kappa shape index (κ3) is 6.52. The van der Waals surface area contributed by atoms with Crippen LogP contribution in [-0.4, -0.2) is 51.1 Å². The number of carbonyl (C=O) groups excluding carboxylic acids is 1. The Hall–Kier alpha value is -3.85. The Labute approximate surface area is 216 Å². The van der Waals surface area contributed by atoms with Crippen molar-refractivity contribution in [3.8, 4) is 0 Å². The SMILES string of the molecule is CN1C(=O)C(c2csc(Cn3cnn(CC(CN)=C(F)F)c3=O)c2)Cc2ccccc21.O=C(O)C(F)(F)F. The molecule has 3 N–H and O–H groups in total. The van der Waals surface area contributed by atoms with Gasteiger partial charge in [0, 0.05) is 29.7 Å². The lowest BCUT2D eigenvalue weighted by Gasteiger charge is -2.31. The van der Waals surface area contributed by atoms with Crippen molar-refractivity contribution in [2.24, 2.45) is 5.73 Å². The topological polar surface area (TPSA) is 123 Å². The fraction of sp³-hybridized carbons (Fsp3) is 0.304. The molecule has 9 nitrogen and oxygen atoms in total. The number of halogens is 5. The molecule has 3 aromatic rings. The van der Waals surface area contributed by atoms with Crippen LogP contribution >= 0.6 is 11.3 Å². The van der Waals surface area contributed by atoms with E-state index < -0.39 is 23.9 Å². The number of carboxylic acid groups (broad SMARTS) is 1. The smallest absolute Gasteiger partial charge is 0.475 e. The Morgan fingerprint density at radius 3 is 2.50 bits per heavy atom. The van der Waals surface area contributed by atoms with Crippen molar-refractivity contribution in [3.63, 3.8) is 0 Å². The number of nitrogens with two attached hydrogens (primary N) is 1. The summed E-state index contributed by atoms with van der Waals surface area (Å²) < 4.78 is 59.7. The van der Waals surface area contributed by atoms with Crippen LogP contribution in [0.4, 0.5) is 27.6 Å². The number of carboxylic acids is 1. The Bertz CT molecular complexity index is 1410. The molecule has 38 heavy (non-hydrogen) atoms. The second kappa shape index (κ2) is 11.7. The van der Waals surface area contributed by atoms with Crippen LogP contribution in [-0.2, 0) is 29.1 Å². The number of amides is 1. The summed E-state index contributed by atoms with van der Waals surface area (Å²) >= 11 is 1.45. The van der Waals surface area contributed by atoms with Gasteiger partial charge in [0.1, 0.15) is 6.33 Å². The van der Waals surface area contributed by atoms with Crippen molar-refractivity contribution in [1.29, 1.82) is 0 Å². The number of hydrogen-bond acceptors (Lipinski definition) is 6. The molecule has 0 saturated heterocycles. The summed E-state index contributed by atoms with van der Waals surface area (Å²) in [6.45, 7) is -0.442. The Balaban J connectivity index is 0.000000505. The van der Waals surface area contributed by atoms with Crippen molar-refractivity contribution in [3.05, 3.63) is 80.2 Å². The van der Waals surface area contributed by atoms with Crippen LogP contribution in [0, 0.1) is 0 Å². The van der Waals surface area contributed by atoms with Crippen molar-refractivity contribution < 1.29 is 36.6 Å². The van der Waals surface area contributed by atoms with Crippen molar-refractivity contribution >= 4 is 28.9 Å². The van der Waals surface area contributed by atoms with E-state index in [0.717, 1.165) is 26.4 Å². The van der Waals surface area contributed by atoms with Gasteiger partial charge in [0.2, 0.25) is 5.91 Å². The molecule has 4 rings (SSSR count). The van der Waals surface area contributed by atoms with E-state index in [1.54, 1.807) is 11.9 Å². The van der Waals surface area contributed by atoms with Crippen LogP contribution in [0.1, 0.15) is 21.9 Å². The van der Waals surface area contributed by atoms with Gasteiger partial charge in [-0.05, 0) is 35.1 Å². The second-order valence-corrected chi connectivity index (χ2v) is 9.19. The van der Waals surface area contributed by atoms with Crippen molar-refractivity contribution in [2.45, 2.75) is 31.6 Å². The number of carbonyl (C=O) groups is 2. The number of alkyl halides is 3. The molecule has 0 spiro atoms. The molecule has 0 fully saturated rings. The van der Waals surface area contributed by atoms with Gasteiger partial charge in [0.25, 0.3) is 6.08 Å². The summed E-state index contributed by atoms with van der Waals surface area (Å²) in [6.07, 6.45) is -5.03. The minimum Gasteiger partial charge on any atom is -0.475 e. The highest BCUT2D eigenvalue weighted by Crippen LogP contribution is 2.36. The van der Waals surface area contributed by atoms with E-state index in [0.29, 0.717) is 6.42 Å².